The summed E-state index contributed by atoms with van der Waals surface area (Å²) in [7, 11) is 0. The summed E-state index contributed by atoms with van der Waals surface area (Å²) >= 11 is 7.83. The molecule has 0 atom stereocenters. The predicted molar refractivity (Wildman–Crippen MR) is 42.6 cm³/mol. The van der Waals surface area contributed by atoms with Crippen LogP contribution >= 0.6 is 25.3 Å². The summed E-state index contributed by atoms with van der Waals surface area (Å²) < 4.78 is 4.81. The average molecular weight is 152 g/mol. The van der Waals surface area contributed by atoms with Crippen molar-refractivity contribution < 1.29 is 4.74 Å². The van der Waals surface area contributed by atoms with Crippen molar-refractivity contribution >= 4 is 25.3 Å². The highest BCUT2D eigenvalue weighted by Gasteiger charge is 1.96. The highest BCUT2D eigenvalue weighted by Crippen LogP contribution is 2.03. The van der Waals surface area contributed by atoms with Gasteiger partial charge in [0.2, 0.25) is 0 Å². The van der Waals surface area contributed by atoms with Gasteiger partial charge < -0.3 is 4.74 Å². The summed E-state index contributed by atoms with van der Waals surface area (Å²) in [4.78, 5) is 0. The molecule has 8 heavy (non-hydrogen) atoms. The molecule has 0 aliphatic heterocycles. The van der Waals surface area contributed by atoms with E-state index in [9.17, 15) is 0 Å². The Kier molecular flexibility index (Phi) is 4.90. The molecule has 0 spiro atoms. The van der Waals surface area contributed by atoms with E-state index in [0.717, 1.165) is 6.61 Å². The predicted octanol–water partition coefficient (Wildman–Crippen LogP) is 1.80. The van der Waals surface area contributed by atoms with E-state index in [1.54, 1.807) is 0 Å². The van der Waals surface area contributed by atoms with Crippen molar-refractivity contribution in [2.75, 3.05) is 6.61 Å². The van der Waals surface area contributed by atoms with Crippen molar-refractivity contribution in [2.24, 2.45) is 5.92 Å². The molecule has 0 heterocycles. The average Bonchev–Trinajstić information content (AvgIpc) is 1.61. The van der Waals surface area contributed by atoms with Gasteiger partial charge in [-0.2, -0.15) is 0 Å². The second-order valence-electron chi connectivity index (χ2n) is 2.05. The van der Waals surface area contributed by atoms with Crippen molar-refractivity contribution in [1.29, 1.82) is 0 Å². The summed E-state index contributed by atoms with van der Waals surface area (Å²) in [5.41, 5.74) is 0. The van der Waals surface area contributed by atoms with E-state index in [1.807, 2.05) is 0 Å². The Labute approximate surface area is 61.6 Å². The lowest BCUT2D eigenvalue weighted by atomic mass is 10.2. The van der Waals surface area contributed by atoms with Crippen LogP contribution in [0.3, 0.4) is 0 Å². The summed E-state index contributed by atoms with van der Waals surface area (Å²) in [5.74, 6) is 0.566. The van der Waals surface area contributed by atoms with Crippen molar-refractivity contribution in [3.63, 3.8) is 0 Å². The van der Waals surface area contributed by atoms with Crippen molar-refractivity contribution in [1.82, 2.24) is 0 Å². The Morgan fingerprint density at radius 1 is 1.38 bits per heavy atom. The zero-order valence-electron chi connectivity index (χ0n) is 5.16. The van der Waals surface area contributed by atoms with Crippen molar-refractivity contribution in [2.45, 2.75) is 18.6 Å². The molecule has 0 aromatic carbocycles. The third-order valence-electron chi connectivity index (χ3n) is 0.579. The summed E-state index contributed by atoms with van der Waals surface area (Å²) in [6.45, 7) is 4.91. The molecule has 1 nitrogen and oxygen atoms in total. The highest BCUT2D eigenvalue weighted by molar-refractivity contribution is 7.98. The molecule has 0 unspecified atom stereocenters. The van der Waals surface area contributed by atoms with Crippen LogP contribution in [-0.4, -0.2) is 11.4 Å². The van der Waals surface area contributed by atoms with Gasteiger partial charge in [-0.05, 0) is 5.92 Å². The Morgan fingerprint density at radius 2 is 1.88 bits per heavy atom. The van der Waals surface area contributed by atoms with E-state index in [0.29, 0.717) is 5.92 Å². The molecule has 0 aliphatic carbocycles. The lowest BCUT2D eigenvalue weighted by Gasteiger charge is -2.07. The van der Waals surface area contributed by atoms with Gasteiger partial charge in [0, 0.05) is 0 Å². The van der Waals surface area contributed by atoms with E-state index >= 15 is 0 Å². The monoisotopic (exact) mass is 152 g/mol. The normalized spacial score (nSPS) is 11.2. The van der Waals surface area contributed by atoms with Gasteiger partial charge in [0.1, 0.15) is 4.77 Å². The first-order valence-electron chi connectivity index (χ1n) is 2.60. The van der Waals surface area contributed by atoms with Gasteiger partial charge in [-0.25, -0.2) is 0 Å². The first kappa shape index (κ1) is 8.66. The quantitative estimate of drug-likeness (QED) is 0.463. The van der Waals surface area contributed by atoms with Gasteiger partial charge in [0.25, 0.3) is 0 Å². The van der Waals surface area contributed by atoms with Crippen LogP contribution in [0.5, 0.6) is 0 Å². The maximum Gasteiger partial charge on any atom is 0.144 e. The Bertz CT molecular complexity index is 46.4. The standard InChI is InChI=1S/C5H12OS2/c1-4(2)3-6-5(7)8/h4-5,7-8H,3H2,1-2H3. The second kappa shape index (κ2) is 4.53. The van der Waals surface area contributed by atoms with Crippen LogP contribution in [0.4, 0.5) is 0 Å². The van der Waals surface area contributed by atoms with Gasteiger partial charge in [-0.1, -0.05) is 13.8 Å². The Morgan fingerprint density at radius 3 is 2.00 bits per heavy atom. The number of thiol groups is 2. The second-order valence-corrected chi connectivity index (χ2v) is 3.40. The minimum Gasteiger partial charge on any atom is -0.358 e. The summed E-state index contributed by atoms with van der Waals surface area (Å²) in [6.07, 6.45) is 0. The minimum atomic E-state index is -0.225. The van der Waals surface area contributed by atoms with E-state index in [-0.39, 0.29) is 4.77 Å². The first-order chi connectivity index (χ1) is 3.63. The first-order valence-corrected chi connectivity index (χ1v) is 3.64. The molecule has 3 heteroatoms. The highest BCUT2D eigenvalue weighted by atomic mass is 32.2. The maximum atomic E-state index is 5.03. The number of rotatable bonds is 3. The Hall–Kier alpha value is 0.660. The molecule has 50 valence electrons. The van der Waals surface area contributed by atoms with Crippen LogP contribution in [-0.2, 0) is 4.74 Å². The minimum absolute atomic E-state index is 0.225. The SMILES string of the molecule is CC(C)COC(S)S. The molecule has 0 bridgehead atoms. The lowest BCUT2D eigenvalue weighted by Crippen LogP contribution is -2.04. The molecular weight excluding hydrogens is 140 g/mol. The summed E-state index contributed by atoms with van der Waals surface area (Å²) in [6, 6.07) is 0. The van der Waals surface area contributed by atoms with E-state index in [1.165, 1.54) is 0 Å². The largest absolute Gasteiger partial charge is 0.358 e. The zero-order valence-corrected chi connectivity index (χ0v) is 6.95. The number of hydrogen-bond acceptors (Lipinski definition) is 3. The van der Waals surface area contributed by atoms with E-state index < -0.39 is 0 Å². The molecule has 0 aromatic heterocycles. The van der Waals surface area contributed by atoms with Crippen LogP contribution < -0.4 is 0 Å². The van der Waals surface area contributed by atoms with Crippen LogP contribution in [0.15, 0.2) is 0 Å². The van der Waals surface area contributed by atoms with Crippen LogP contribution in [0, 0.1) is 5.92 Å². The third kappa shape index (κ3) is 6.66. The molecule has 0 fully saturated rings. The molecule has 0 radical (unpaired) electrons. The fourth-order valence-corrected chi connectivity index (χ4v) is 0.451. The maximum absolute atomic E-state index is 5.03. The lowest BCUT2D eigenvalue weighted by molar-refractivity contribution is 0.137. The van der Waals surface area contributed by atoms with Crippen LogP contribution in [0.25, 0.3) is 0 Å². The van der Waals surface area contributed by atoms with Gasteiger partial charge in [0.05, 0.1) is 6.61 Å². The Balaban J connectivity index is 2.93. The third-order valence-corrected chi connectivity index (χ3v) is 0.877. The van der Waals surface area contributed by atoms with E-state index in [4.69, 9.17) is 4.74 Å². The fraction of sp³-hybridized carbons (Fsp3) is 1.00. The molecule has 0 saturated carbocycles. The van der Waals surface area contributed by atoms with Gasteiger partial charge in [-0.3, -0.25) is 0 Å². The molecule has 0 aliphatic rings. The van der Waals surface area contributed by atoms with Crippen LogP contribution in [0.1, 0.15) is 13.8 Å². The molecule has 0 amide bonds. The van der Waals surface area contributed by atoms with Gasteiger partial charge in [0.15, 0.2) is 0 Å². The summed E-state index contributed by atoms with van der Waals surface area (Å²) in [5, 5.41) is 0. The topological polar surface area (TPSA) is 9.23 Å². The molecular formula is C5H12OS2. The van der Waals surface area contributed by atoms with Gasteiger partial charge >= 0.3 is 0 Å². The van der Waals surface area contributed by atoms with Crippen molar-refractivity contribution in [3.8, 4) is 0 Å². The molecule has 0 aromatic rings. The smallest absolute Gasteiger partial charge is 0.144 e. The zero-order chi connectivity index (χ0) is 6.57. The number of ether oxygens (including phenoxy) is 1. The van der Waals surface area contributed by atoms with Crippen molar-refractivity contribution in [3.05, 3.63) is 0 Å². The van der Waals surface area contributed by atoms with E-state index in [2.05, 4.69) is 39.1 Å². The molecule has 0 N–H and O–H groups in total. The van der Waals surface area contributed by atoms with Gasteiger partial charge in [-0.15, -0.1) is 25.3 Å². The number of hydrogen-bond donors (Lipinski definition) is 2. The van der Waals surface area contributed by atoms with Crippen LogP contribution in [0.2, 0.25) is 0 Å². The molecule has 0 saturated heterocycles. The molecule has 0 rings (SSSR count). The fourth-order valence-electron chi connectivity index (χ4n) is 0.279.